The Labute approximate surface area is 322 Å². The minimum atomic E-state index is 0.895. The summed E-state index contributed by atoms with van der Waals surface area (Å²) in [5.41, 5.74) is 12.2. The second kappa shape index (κ2) is 12.9. The van der Waals surface area contributed by atoms with Crippen LogP contribution < -0.4 is 4.90 Å². The van der Waals surface area contributed by atoms with E-state index < -0.39 is 0 Å². The minimum absolute atomic E-state index is 0.895. The van der Waals surface area contributed by atoms with Crippen LogP contribution >= 0.6 is 11.3 Å². The third kappa shape index (κ3) is 5.32. The highest BCUT2D eigenvalue weighted by atomic mass is 32.1. The van der Waals surface area contributed by atoms with E-state index in [4.69, 9.17) is 4.42 Å². The molecule has 3 heteroatoms. The average molecular weight is 720 g/mol. The number of hydrogen-bond donors (Lipinski definition) is 0. The van der Waals surface area contributed by atoms with Gasteiger partial charge in [-0.1, -0.05) is 146 Å². The van der Waals surface area contributed by atoms with Gasteiger partial charge in [-0.2, -0.15) is 0 Å². The van der Waals surface area contributed by atoms with Crippen LogP contribution in [-0.2, 0) is 0 Å². The van der Waals surface area contributed by atoms with Crippen molar-refractivity contribution < 1.29 is 4.42 Å². The van der Waals surface area contributed by atoms with E-state index in [0.717, 1.165) is 61.3 Å². The average Bonchev–Trinajstić information content (AvgIpc) is 3.83. The van der Waals surface area contributed by atoms with Gasteiger partial charge in [-0.3, -0.25) is 0 Å². The summed E-state index contributed by atoms with van der Waals surface area (Å²) in [6, 6.07) is 72.2. The molecule has 2 heterocycles. The minimum Gasteiger partial charge on any atom is -0.455 e. The molecule has 0 unspecified atom stereocenters. The van der Waals surface area contributed by atoms with E-state index in [2.05, 4.69) is 199 Å². The molecule has 0 aliphatic heterocycles. The zero-order valence-electron chi connectivity index (χ0n) is 29.8. The molecule has 9 aromatic carbocycles. The second-order valence-corrected chi connectivity index (χ2v) is 15.1. The Morgan fingerprint density at radius 3 is 1.78 bits per heavy atom. The fourth-order valence-electron chi connectivity index (χ4n) is 8.25. The molecule has 0 saturated carbocycles. The first-order chi connectivity index (χ1) is 27.3. The molecule has 11 rings (SSSR count). The van der Waals surface area contributed by atoms with Crippen LogP contribution in [0.4, 0.5) is 17.1 Å². The number of fused-ring (bicyclic) bond motifs is 7. The number of hydrogen-bond acceptors (Lipinski definition) is 3. The van der Waals surface area contributed by atoms with Gasteiger partial charge in [-0.25, -0.2) is 0 Å². The Morgan fingerprint density at radius 2 is 0.982 bits per heavy atom. The molecule has 0 N–H and O–H groups in total. The molecule has 0 aliphatic carbocycles. The van der Waals surface area contributed by atoms with Gasteiger partial charge in [0.15, 0.2) is 0 Å². The van der Waals surface area contributed by atoms with E-state index in [-0.39, 0.29) is 0 Å². The highest BCUT2D eigenvalue weighted by molar-refractivity contribution is 7.25. The summed E-state index contributed by atoms with van der Waals surface area (Å²) >= 11 is 1.85. The summed E-state index contributed by atoms with van der Waals surface area (Å²) < 4.78 is 9.10. The van der Waals surface area contributed by atoms with E-state index in [1.165, 1.54) is 42.1 Å². The van der Waals surface area contributed by atoms with Gasteiger partial charge in [0.2, 0.25) is 0 Å². The van der Waals surface area contributed by atoms with Gasteiger partial charge in [0.25, 0.3) is 0 Å². The molecule has 0 saturated heterocycles. The van der Waals surface area contributed by atoms with Gasteiger partial charge in [0, 0.05) is 53.3 Å². The number of nitrogens with zero attached hydrogens (tertiary/aromatic N) is 1. The standard InChI is InChI=1S/C52H33NOS/c1-3-12-35(13-4-1)40-28-29-48(43-17-8-7-16-42(40)43)53(39-27-31-51-47(33-39)44-18-9-10-21-50(44)55-51)38-25-22-34(23-26-38)37-24-30-49-46(32-37)45-20-11-19-41(52(45)54-49)36-14-5-2-6-15-36/h1-33H. The Morgan fingerprint density at radius 1 is 0.345 bits per heavy atom. The number of furan rings is 1. The topological polar surface area (TPSA) is 16.4 Å². The molecule has 0 aliphatic rings. The molecule has 2 aromatic heterocycles. The zero-order valence-corrected chi connectivity index (χ0v) is 30.6. The number of anilines is 3. The van der Waals surface area contributed by atoms with E-state index in [9.17, 15) is 0 Å². The van der Waals surface area contributed by atoms with Crippen LogP contribution in [0.1, 0.15) is 0 Å². The number of benzene rings is 9. The van der Waals surface area contributed by atoms with Crippen molar-refractivity contribution in [2.75, 3.05) is 4.90 Å². The van der Waals surface area contributed by atoms with Crippen molar-refractivity contribution in [2.45, 2.75) is 0 Å². The molecule has 0 radical (unpaired) electrons. The summed E-state index contributed by atoms with van der Waals surface area (Å²) in [5, 5.41) is 7.25. The summed E-state index contributed by atoms with van der Waals surface area (Å²) in [7, 11) is 0. The van der Waals surface area contributed by atoms with Gasteiger partial charge in [-0.15, -0.1) is 11.3 Å². The molecule has 11 aromatic rings. The van der Waals surface area contributed by atoms with Crippen molar-refractivity contribution in [3.05, 3.63) is 200 Å². The van der Waals surface area contributed by atoms with Gasteiger partial charge >= 0.3 is 0 Å². The SMILES string of the molecule is c1ccc(-c2ccc(N(c3ccc(-c4ccc5oc6c(-c7ccccc7)cccc6c5c4)cc3)c3ccc4sc5ccccc5c4c3)c3ccccc23)cc1. The summed E-state index contributed by atoms with van der Waals surface area (Å²) in [4.78, 5) is 2.42. The van der Waals surface area contributed by atoms with Gasteiger partial charge in [0.05, 0.1) is 5.69 Å². The summed E-state index contributed by atoms with van der Waals surface area (Å²) in [5.74, 6) is 0. The Bertz CT molecular complexity index is 3190. The van der Waals surface area contributed by atoms with Crippen molar-refractivity contribution >= 4 is 81.3 Å². The largest absolute Gasteiger partial charge is 0.455 e. The molecule has 0 atom stereocenters. The second-order valence-electron chi connectivity index (χ2n) is 14.1. The predicted octanol–water partition coefficient (Wildman–Crippen LogP) is 15.6. The highest BCUT2D eigenvalue weighted by Gasteiger charge is 2.19. The maximum Gasteiger partial charge on any atom is 0.143 e. The molecular formula is C52H33NOS. The van der Waals surface area contributed by atoms with Crippen LogP contribution in [0.25, 0.3) is 86.3 Å². The highest BCUT2D eigenvalue weighted by Crippen LogP contribution is 2.45. The maximum absolute atomic E-state index is 6.49. The first-order valence-corrected chi connectivity index (χ1v) is 19.5. The van der Waals surface area contributed by atoms with E-state index in [1.54, 1.807) is 0 Å². The van der Waals surface area contributed by atoms with Crippen LogP contribution in [0, 0.1) is 0 Å². The quantitative estimate of drug-likeness (QED) is 0.170. The maximum atomic E-state index is 6.49. The lowest BCUT2D eigenvalue weighted by Crippen LogP contribution is -2.10. The zero-order chi connectivity index (χ0) is 36.3. The van der Waals surface area contributed by atoms with Crippen molar-refractivity contribution in [3.8, 4) is 33.4 Å². The first kappa shape index (κ1) is 31.6. The van der Waals surface area contributed by atoms with E-state index in [1.807, 2.05) is 17.4 Å². The van der Waals surface area contributed by atoms with Crippen molar-refractivity contribution in [1.82, 2.24) is 0 Å². The van der Waals surface area contributed by atoms with Gasteiger partial charge in [0.1, 0.15) is 11.2 Å². The summed E-state index contributed by atoms with van der Waals surface area (Å²) in [6.45, 7) is 0. The lowest BCUT2D eigenvalue weighted by Gasteiger charge is -2.28. The predicted molar refractivity (Wildman–Crippen MR) is 235 cm³/mol. The Kier molecular flexibility index (Phi) is 7.39. The summed E-state index contributed by atoms with van der Waals surface area (Å²) in [6.07, 6.45) is 0. The van der Waals surface area contributed by atoms with E-state index >= 15 is 0 Å². The van der Waals surface area contributed by atoms with E-state index in [0.29, 0.717) is 0 Å². The van der Waals surface area contributed by atoms with Crippen molar-refractivity contribution in [3.63, 3.8) is 0 Å². The normalized spacial score (nSPS) is 11.6. The molecule has 258 valence electrons. The lowest BCUT2D eigenvalue weighted by molar-refractivity contribution is 0.670. The van der Waals surface area contributed by atoms with Crippen LogP contribution in [0.3, 0.4) is 0 Å². The van der Waals surface area contributed by atoms with Gasteiger partial charge in [-0.05, 0) is 87.8 Å². The fraction of sp³-hybridized carbons (Fsp3) is 0. The first-order valence-electron chi connectivity index (χ1n) is 18.7. The van der Waals surface area contributed by atoms with Crippen molar-refractivity contribution in [2.24, 2.45) is 0 Å². The molecular weight excluding hydrogens is 687 g/mol. The van der Waals surface area contributed by atoms with Crippen LogP contribution in [0.2, 0.25) is 0 Å². The third-order valence-corrected chi connectivity index (χ3v) is 12.0. The Hall–Kier alpha value is -6.94. The Balaban J connectivity index is 1.05. The van der Waals surface area contributed by atoms with Crippen LogP contribution in [-0.4, -0.2) is 0 Å². The number of rotatable bonds is 6. The van der Waals surface area contributed by atoms with Crippen molar-refractivity contribution in [1.29, 1.82) is 0 Å². The molecule has 0 fully saturated rings. The third-order valence-electron chi connectivity index (χ3n) is 10.9. The molecule has 0 amide bonds. The van der Waals surface area contributed by atoms with Crippen LogP contribution in [0.5, 0.6) is 0 Å². The fourth-order valence-corrected chi connectivity index (χ4v) is 9.34. The number of para-hydroxylation sites is 1. The smallest absolute Gasteiger partial charge is 0.143 e. The van der Waals surface area contributed by atoms with Crippen LogP contribution in [0.15, 0.2) is 205 Å². The van der Waals surface area contributed by atoms with Gasteiger partial charge < -0.3 is 9.32 Å². The molecule has 0 bridgehead atoms. The molecule has 0 spiro atoms. The monoisotopic (exact) mass is 719 g/mol. The lowest BCUT2D eigenvalue weighted by atomic mass is 9.96. The molecule has 2 nitrogen and oxygen atoms in total. The molecule has 55 heavy (non-hydrogen) atoms. The number of thiophene rings is 1.